The van der Waals surface area contributed by atoms with E-state index in [1.807, 2.05) is 0 Å². The van der Waals surface area contributed by atoms with Crippen molar-refractivity contribution in [1.82, 2.24) is 0 Å². The molecule has 1 fully saturated rings. The standard InChI is InChI=1S/C13H14FNO4/c1-7-6-8(2-3-9(7)14)15-12(16)10-4-5-11(19-10)13(17)18/h2-3,6,10-11H,4-5H2,1H3,(H,15,16)(H,17,18). The second kappa shape index (κ2) is 5.36. The van der Waals surface area contributed by atoms with Gasteiger partial charge in [-0.25, -0.2) is 9.18 Å². The van der Waals surface area contributed by atoms with E-state index in [1.54, 1.807) is 6.92 Å². The normalized spacial score (nSPS) is 22.2. The molecule has 1 aliphatic heterocycles. The molecule has 1 heterocycles. The summed E-state index contributed by atoms with van der Waals surface area (Å²) in [4.78, 5) is 22.6. The van der Waals surface area contributed by atoms with Crippen LogP contribution in [0, 0.1) is 12.7 Å². The number of rotatable bonds is 3. The van der Waals surface area contributed by atoms with Crippen LogP contribution in [0.4, 0.5) is 10.1 Å². The zero-order valence-corrected chi connectivity index (χ0v) is 10.4. The Labute approximate surface area is 109 Å². The highest BCUT2D eigenvalue weighted by molar-refractivity contribution is 5.94. The highest BCUT2D eigenvalue weighted by Crippen LogP contribution is 2.22. The van der Waals surface area contributed by atoms with Crippen LogP contribution in [0.1, 0.15) is 18.4 Å². The Hall–Kier alpha value is -1.95. The largest absolute Gasteiger partial charge is 0.479 e. The Bertz CT molecular complexity index is 517. The van der Waals surface area contributed by atoms with Crippen molar-refractivity contribution in [3.05, 3.63) is 29.6 Å². The number of carboxylic acid groups (broad SMARTS) is 1. The van der Waals surface area contributed by atoms with Crippen molar-refractivity contribution in [3.8, 4) is 0 Å². The van der Waals surface area contributed by atoms with Crippen LogP contribution in [0.3, 0.4) is 0 Å². The Morgan fingerprint density at radius 3 is 2.63 bits per heavy atom. The molecule has 2 unspecified atom stereocenters. The quantitative estimate of drug-likeness (QED) is 0.874. The second-order valence-corrected chi connectivity index (χ2v) is 4.48. The number of anilines is 1. The first-order valence-corrected chi connectivity index (χ1v) is 5.92. The average molecular weight is 267 g/mol. The maximum absolute atomic E-state index is 13.1. The molecule has 2 N–H and O–H groups in total. The van der Waals surface area contributed by atoms with Crippen molar-refractivity contribution in [2.24, 2.45) is 0 Å². The third-order valence-electron chi connectivity index (χ3n) is 3.01. The molecule has 102 valence electrons. The topological polar surface area (TPSA) is 75.6 Å². The molecule has 1 aliphatic rings. The van der Waals surface area contributed by atoms with E-state index in [0.29, 0.717) is 24.1 Å². The summed E-state index contributed by atoms with van der Waals surface area (Å²) in [5.74, 6) is -1.82. The summed E-state index contributed by atoms with van der Waals surface area (Å²) in [5.41, 5.74) is 0.889. The number of amides is 1. The van der Waals surface area contributed by atoms with Gasteiger partial charge in [0.2, 0.25) is 0 Å². The molecule has 6 heteroatoms. The summed E-state index contributed by atoms with van der Waals surface area (Å²) >= 11 is 0. The zero-order valence-electron chi connectivity index (χ0n) is 10.4. The van der Waals surface area contributed by atoms with E-state index in [0.717, 1.165) is 0 Å². The molecule has 0 aromatic heterocycles. The summed E-state index contributed by atoms with van der Waals surface area (Å²) in [6.07, 6.45) is -1.02. The lowest BCUT2D eigenvalue weighted by atomic mass is 10.1. The first kappa shape index (κ1) is 13.5. The van der Waals surface area contributed by atoms with Crippen molar-refractivity contribution in [3.63, 3.8) is 0 Å². The Balaban J connectivity index is 1.98. The molecule has 0 aliphatic carbocycles. The van der Waals surface area contributed by atoms with Crippen LogP contribution in [0.5, 0.6) is 0 Å². The fourth-order valence-corrected chi connectivity index (χ4v) is 1.96. The van der Waals surface area contributed by atoms with E-state index in [-0.39, 0.29) is 5.82 Å². The van der Waals surface area contributed by atoms with Gasteiger partial charge in [-0.1, -0.05) is 0 Å². The predicted molar refractivity (Wildman–Crippen MR) is 65.3 cm³/mol. The maximum Gasteiger partial charge on any atom is 0.332 e. The Morgan fingerprint density at radius 1 is 1.37 bits per heavy atom. The number of benzene rings is 1. The summed E-state index contributed by atoms with van der Waals surface area (Å²) in [7, 11) is 0. The van der Waals surface area contributed by atoms with Gasteiger partial charge in [0, 0.05) is 5.69 Å². The summed E-state index contributed by atoms with van der Waals surface area (Å²) in [5, 5.41) is 11.4. The van der Waals surface area contributed by atoms with Crippen LogP contribution in [0.25, 0.3) is 0 Å². The molecule has 1 amide bonds. The van der Waals surface area contributed by atoms with E-state index < -0.39 is 24.1 Å². The van der Waals surface area contributed by atoms with Crippen molar-refractivity contribution >= 4 is 17.6 Å². The number of ether oxygens (including phenoxy) is 1. The molecule has 5 nitrogen and oxygen atoms in total. The summed E-state index contributed by atoms with van der Waals surface area (Å²) in [6.45, 7) is 1.59. The van der Waals surface area contributed by atoms with Gasteiger partial charge < -0.3 is 15.2 Å². The van der Waals surface area contributed by atoms with E-state index in [4.69, 9.17) is 9.84 Å². The number of carboxylic acids is 1. The van der Waals surface area contributed by atoms with Crippen LogP contribution in [-0.2, 0) is 14.3 Å². The van der Waals surface area contributed by atoms with Crippen LogP contribution in [-0.4, -0.2) is 29.2 Å². The third kappa shape index (κ3) is 3.08. The van der Waals surface area contributed by atoms with Crippen molar-refractivity contribution < 1.29 is 23.8 Å². The molecule has 0 radical (unpaired) electrons. The minimum atomic E-state index is -1.06. The molecule has 0 bridgehead atoms. The van der Waals surface area contributed by atoms with Crippen LogP contribution in [0.15, 0.2) is 18.2 Å². The van der Waals surface area contributed by atoms with Gasteiger partial charge in [0.1, 0.15) is 11.9 Å². The maximum atomic E-state index is 13.1. The number of halogens is 1. The first-order valence-electron chi connectivity index (χ1n) is 5.92. The molecule has 1 aromatic rings. The van der Waals surface area contributed by atoms with Crippen molar-refractivity contribution in [2.75, 3.05) is 5.32 Å². The first-order chi connectivity index (χ1) is 8.97. The van der Waals surface area contributed by atoms with Crippen molar-refractivity contribution in [1.29, 1.82) is 0 Å². The minimum Gasteiger partial charge on any atom is -0.479 e. The SMILES string of the molecule is Cc1cc(NC(=O)C2CCC(C(=O)O)O2)ccc1F. The van der Waals surface area contributed by atoms with Gasteiger partial charge >= 0.3 is 5.97 Å². The molecule has 2 rings (SSSR count). The lowest BCUT2D eigenvalue weighted by Gasteiger charge is -2.12. The monoisotopic (exact) mass is 267 g/mol. The number of aryl methyl sites for hydroxylation is 1. The van der Waals surface area contributed by atoms with Gasteiger partial charge in [-0.3, -0.25) is 4.79 Å². The lowest BCUT2D eigenvalue weighted by molar-refractivity contribution is -0.150. The summed E-state index contributed by atoms with van der Waals surface area (Å²) < 4.78 is 18.2. The second-order valence-electron chi connectivity index (χ2n) is 4.48. The third-order valence-corrected chi connectivity index (χ3v) is 3.01. The van der Waals surface area contributed by atoms with Gasteiger partial charge in [-0.15, -0.1) is 0 Å². The minimum absolute atomic E-state index is 0.315. The molecule has 1 saturated heterocycles. The van der Waals surface area contributed by atoms with Crippen LogP contribution < -0.4 is 5.32 Å². The number of hydrogen-bond donors (Lipinski definition) is 2. The summed E-state index contributed by atoms with van der Waals surface area (Å²) in [6, 6.07) is 4.22. The zero-order chi connectivity index (χ0) is 14.0. The molecule has 19 heavy (non-hydrogen) atoms. The fourth-order valence-electron chi connectivity index (χ4n) is 1.96. The smallest absolute Gasteiger partial charge is 0.332 e. The van der Waals surface area contributed by atoms with E-state index in [1.165, 1.54) is 18.2 Å². The van der Waals surface area contributed by atoms with Crippen molar-refractivity contribution in [2.45, 2.75) is 32.0 Å². The number of carbonyl (C=O) groups excluding carboxylic acids is 1. The van der Waals surface area contributed by atoms with Gasteiger partial charge in [0.15, 0.2) is 6.10 Å². The highest BCUT2D eigenvalue weighted by Gasteiger charge is 2.34. The van der Waals surface area contributed by atoms with Crippen LogP contribution in [0.2, 0.25) is 0 Å². The highest BCUT2D eigenvalue weighted by atomic mass is 19.1. The van der Waals surface area contributed by atoms with Gasteiger partial charge in [-0.05, 0) is 43.5 Å². The molecular formula is C13H14FNO4. The van der Waals surface area contributed by atoms with Gasteiger partial charge in [0.25, 0.3) is 5.91 Å². The lowest BCUT2D eigenvalue weighted by Crippen LogP contribution is -2.29. The molecular weight excluding hydrogens is 253 g/mol. The number of nitrogens with one attached hydrogen (secondary N) is 1. The number of hydrogen-bond acceptors (Lipinski definition) is 3. The van der Waals surface area contributed by atoms with Gasteiger partial charge in [-0.2, -0.15) is 0 Å². The van der Waals surface area contributed by atoms with Crippen LogP contribution >= 0.6 is 0 Å². The fraction of sp³-hybridized carbons (Fsp3) is 0.385. The molecule has 1 aromatic carbocycles. The molecule has 2 atom stereocenters. The predicted octanol–water partition coefficient (Wildman–Crippen LogP) is 1.70. The van der Waals surface area contributed by atoms with Gasteiger partial charge in [0.05, 0.1) is 0 Å². The number of aliphatic carboxylic acids is 1. The van der Waals surface area contributed by atoms with E-state index >= 15 is 0 Å². The van der Waals surface area contributed by atoms with E-state index in [2.05, 4.69) is 5.32 Å². The average Bonchev–Trinajstić information content (AvgIpc) is 2.83. The number of carbonyl (C=O) groups is 2. The Morgan fingerprint density at radius 2 is 2.05 bits per heavy atom. The Kier molecular flexibility index (Phi) is 3.80. The molecule has 0 spiro atoms. The molecule has 0 saturated carbocycles. The van der Waals surface area contributed by atoms with E-state index in [9.17, 15) is 14.0 Å².